The lowest BCUT2D eigenvalue weighted by atomic mass is 9.88. The van der Waals surface area contributed by atoms with Crippen LogP contribution in [0, 0.1) is 5.92 Å². The summed E-state index contributed by atoms with van der Waals surface area (Å²) in [5, 5.41) is 9.41. The summed E-state index contributed by atoms with van der Waals surface area (Å²) < 4.78 is 1.69. The molecule has 3 rings (SSSR count). The highest BCUT2D eigenvalue weighted by molar-refractivity contribution is 7.10. The molecule has 0 radical (unpaired) electrons. The van der Waals surface area contributed by atoms with Crippen molar-refractivity contribution in [3.05, 3.63) is 40.8 Å². The van der Waals surface area contributed by atoms with Crippen molar-refractivity contribution in [1.82, 2.24) is 20.0 Å². The Morgan fingerprint density at radius 1 is 1.52 bits per heavy atom. The summed E-state index contributed by atoms with van der Waals surface area (Å²) in [7, 11) is 2.19. The highest BCUT2D eigenvalue weighted by Gasteiger charge is 2.31. The molecule has 3 heterocycles. The van der Waals surface area contributed by atoms with E-state index in [1.165, 1.54) is 11.3 Å². The summed E-state index contributed by atoms with van der Waals surface area (Å²) in [6, 6.07) is 6.29. The van der Waals surface area contributed by atoms with E-state index in [0.29, 0.717) is 12.0 Å². The summed E-state index contributed by atoms with van der Waals surface area (Å²) in [4.78, 5) is 16.2. The second kappa shape index (κ2) is 7.27. The van der Waals surface area contributed by atoms with Gasteiger partial charge in [-0.05, 0) is 56.8 Å². The first-order valence-electron chi connectivity index (χ1n) is 8.17. The molecule has 1 N–H and O–H groups in total. The second-order valence-electron chi connectivity index (χ2n) is 6.25. The Labute approximate surface area is 141 Å². The Kier molecular flexibility index (Phi) is 5.13. The van der Waals surface area contributed by atoms with Gasteiger partial charge in [0.2, 0.25) is 5.91 Å². The highest BCUT2D eigenvalue weighted by atomic mass is 32.1. The van der Waals surface area contributed by atoms with Crippen LogP contribution in [0.5, 0.6) is 0 Å². The summed E-state index contributed by atoms with van der Waals surface area (Å²) in [5.41, 5.74) is 0. The molecule has 1 fully saturated rings. The van der Waals surface area contributed by atoms with Crippen molar-refractivity contribution >= 4 is 17.2 Å². The fraction of sp³-hybridized carbons (Fsp3) is 0.529. The van der Waals surface area contributed by atoms with E-state index in [1.807, 2.05) is 30.5 Å². The number of hydrogen-bond acceptors (Lipinski definition) is 4. The van der Waals surface area contributed by atoms with E-state index >= 15 is 0 Å². The van der Waals surface area contributed by atoms with Gasteiger partial charge in [-0.15, -0.1) is 11.3 Å². The minimum absolute atomic E-state index is 0.0341. The maximum absolute atomic E-state index is 12.4. The summed E-state index contributed by atoms with van der Waals surface area (Å²) in [6.45, 7) is 3.72. The van der Waals surface area contributed by atoms with Crippen LogP contribution in [0.1, 0.15) is 36.7 Å². The van der Waals surface area contributed by atoms with Crippen LogP contribution >= 0.6 is 11.3 Å². The molecule has 0 aromatic carbocycles. The molecule has 1 aliphatic heterocycles. The lowest BCUT2D eigenvalue weighted by Gasteiger charge is -2.39. The Hall–Kier alpha value is -1.66. The number of carbonyl (C=O) groups excluding carboxylic acids is 1. The number of nitrogens with zero attached hydrogens (tertiary/aromatic N) is 3. The summed E-state index contributed by atoms with van der Waals surface area (Å²) in [5.74, 6) is 0.494. The van der Waals surface area contributed by atoms with Gasteiger partial charge in [-0.3, -0.25) is 14.4 Å². The zero-order chi connectivity index (χ0) is 16.2. The number of amides is 1. The van der Waals surface area contributed by atoms with Crippen LogP contribution in [-0.4, -0.2) is 40.7 Å². The lowest BCUT2D eigenvalue weighted by Crippen LogP contribution is -2.42. The zero-order valence-electron chi connectivity index (χ0n) is 13.7. The van der Waals surface area contributed by atoms with Crippen LogP contribution in [0.4, 0.5) is 0 Å². The molecule has 5 nitrogen and oxygen atoms in total. The number of aromatic nitrogens is 2. The molecule has 0 bridgehead atoms. The molecule has 0 aliphatic carbocycles. The van der Waals surface area contributed by atoms with E-state index in [1.54, 1.807) is 10.9 Å². The fourth-order valence-electron chi connectivity index (χ4n) is 3.39. The van der Waals surface area contributed by atoms with E-state index in [9.17, 15) is 4.79 Å². The topological polar surface area (TPSA) is 50.2 Å². The van der Waals surface area contributed by atoms with Crippen LogP contribution in [0.25, 0.3) is 0 Å². The number of thiophene rings is 1. The van der Waals surface area contributed by atoms with Crippen molar-refractivity contribution in [2.24, 2.45) is 5.92 Å². The van der Waals surface area contributed by atoms with Crippen LogP contribution in [-0.2, 0) is 4.79 Å². The predicted molar refractivity (Wildman–Crippen MR) is 92.4 cm³/mol. The minimum Gasteiger partial charge on any atom is -0.354 e. The van der Waals surface area contributed by atoms with Gasteiger partial charge in [-0.2, -0.15) is 5.10 Å². The number of hydrogen-bond donors (Lipinski definition) is 1. The van der Waals surface area contributed by atoms with E-state index in [0.717, 1.165) is 19.5 Å². The number of piperidine rings is 1. The first kappa shape index (κ1) is 16.2. The van der Waals surface area contributed by atoms with E-state index in [-0.39, 0.29) is 11.9 Å². The molecule has 0 spiro atoms. The van der Waals surface area contributed by atoms with Crippen LogP contribution in [0.2, 0.25) is 0 Å². The van der Waals surface area contributed by atoms with E-state index < -0.39 is 0 Å². The number of likely N-dealkylation sites (tertiary alicyclic amines) is 1. The standard InChI is InChI=1S/C17H24N4OS/c1-13(21-10-5-8-19-21)17(22)18-12-14-6-3-9-20(2)16(14)15-7-4-11-23-15/h4-5,7-8,10-11,13-14,16H,3,6,9,12H2,1-2H3,(H,18,22). The first-order valence-corrected chi connectivity index (χ1v) is 9.05. The van der Waals surface area contributed by atoms with Crippen molar-refractivity contribution in [2.75, 3.05) is 20.1 Å². The largest absolute Gasteiger partial charge is 0.354 e. The van der Waals surface area contributed by atoms with Gasteiger partial charge in [0.25, 0.3) is 0 Å². The van der Waals surface area contributed by atoms with Gasteiger partial charge >= 0.3 is 0 Å². The number of nitrogens with one attached hydrogen (secondary N) is 1. The Bertz CT molecular complexity index is 611. The molecule has 3 atom stereocenters. The van der Waals surface area contributed by atoms with Gasteiger partial charge in [-0.1, -0.05) is 6.07 Å². The summed E-state index contributed by atoms with van der Waals surface area (Å²) >= 11 is 1.81. The Balaban J connectivity index is 1.62. The normalized spacial score (nSPS) is 23.6. The van der Waals surface area contributed by atoms with Gasteiger partial charge in [-0.25, -0.2) is 0 Å². The monoisotopic (exact) mass is 332 g/mol. The molecule has 23 heavy (non-hydrogen) atoms. The Morgan fingerprint density at radius 3 is 3.09 bits per heavy atom. The third-order valence-corrected chi connectivity index (χ3v) is 5.62. The van der Waals surface area contributed by atoms with Crippen molar-refractivity contribution in [3.8, 4) is 0 Å². The third-order valence-electron chi connectivity index (χ3n) is 4.68. The average Bonchev–Trinajstić information content (AvgIpc) is 3.25. The van der Waals surface area contributed by atoms with Gasteiger partial charge in [0.1, 0.15) is 6.04 Å². The first-order chi connectivity index (χ1) is 11.2. The molecule has 3 unspecified atom stereocenters. The maximum Gasteiger partial charge on any atom is 0.244 e. The maximum atomic E-state index is 12.4. The van der Waals surface area contributed by atoms with E-state index in [4.69, 9.17) is 0 Å². The molecule has 6 heteroatoms. The summed E-state index contributed by atoms with van der Waals surface area (Å²) in [6.07, 6.45) is 5.87. The van der Waals surface area contributed by atoms with Crippen LogP contribution in [0.15, 0.2) is 36.0 Å². The zero-order valence-corrected chi connectivity index (χ0v) is 14.5. The fourth-order valence-corrected chi connectivity index (χ4v) is 4.37. The van der Waals surface area contributed by atoms with Gasteiger partial charge in [0.15, 0.2) is 0 Å². The number of carbonyl (C=O) groups is 1. The molecule has 124 valence electrons. The average molecular weight is 332 g/mol. The lowest BCUT2D eigenvalue weighted by molar-refractivity contribution is -0.124. The highest BCUT2D eigenvalue weighted by Crippen LogP contribution is 2.36. The quantitative estimate of drug-likeness (QED) is 0.916. The molecule has 1 amide bonds. The third kappa shape index (κ3) is 3.64. The van der Waals surface area contributed by atoms with Crippen molar-refractivity contribution < 1.29 is 4.79 Å². The van der Waals surface area contributed by atoms with E-state index in [2.05, 4.69) is 39.9 Å². The van der Waals surface area contributed by atoms with Gasteiger partial charge in [0, 0.05) is 29.9 Å². The molecule has 0 saturated carbocycles. The molecule has 2 aromatic heterocycles. The predicted octanol–water partition coefficient (Wildman–Crippen LogP) is 2.70. The second-order valence-corrected chi connectivity index (χ2v) is 7.23. The van der Waals surface area contributed by atoms with Crippen LogP contribution < -0.4 is 5.32 Å². The Morgan fingerprint density at radius 2 is 2.39 bits per heavy atom. The molecular weight excluding hydrogens is 308 g/mol. The molecule has 1 aliphatic rings. The van der Waals surface area contributed by atoms with Crippen LogP contribution in [0.3, 0.4) is 0 Å². The van der Waals surface area contributed by atoms with Crippen molar-refractivity contribution in [1.29, 1.82) is 0 Å². The van der Waals surface area contributed by atoms with Gasteiger partial charge < -0.3 is 5.32 Å². The minimum atomic E-state index is -0.272. The molecule has 1 saturated heterocycles. The van der Waals surface area contributed by atoms with Crippen molar-refractivity contribution in [2.45, 2.75) is 31.8 Å². The number of rotatable bonds is 5. The SMILES string of the molecule is CC(C(=O)NCC1CCCN(C)C1c1cccs1)n1cccn1. The smallest absolute Gasteiger partial charge is 0.244 e. The molecule has 2 aromatic rings. The van der Waals surface area contributed by atoms with Crippen molar-refractivity contribution in [3.63, 3.8) is 0 Å². The molecular formula is C17H24N4OS. The van der Waals surface area contributed by atoms with Gasteiger partial charge in [0.05, 0.1) is 0 Å².